The summed E-state index contributed by atoms with van der Waals surface area (Å²) in [4.78, 5) is 13.5. The van der Waals surface area contributed by atoms with Crippen molar-refractivity contribution in [2.24, 2.45) is 11.3 Å². The van der Waals surface area contributed by atoms with Crippen LogP contribution in [0.5, 0.6) is 0 Å². The van der Waals surface area contributed by atoms with Gasteiger partial charge in [0.1, 0.15) is 0 Å². The molecule has 1 spiro atoms. The van der Waals surface area contributed by atoms with Crippen LogP contribution < -0.4 is 5.32 Å². The van der Waals surface area contributed by atoms with Gasteiger partial charge in [0.25, 0.3) is 5.92 Å². The van der Waals surface area contributed by atoms with E-state index in [0.717, 1.165) is 38.6 Å². The fourth-order valence-electron chi connectivity index (χ4n) is 5.17. The normalized spacial score (nSPS) is 45.6. The zero-order valence-electron chi connectivity index (χ0n) is 12.7. The summed E-state index contributed by atoms with van der Waals surface area (Å²) < 4.78 is 32.8. The molecule has 0 aromatic rings. The number of alkyl halides is 2. The van der Waals surface area contributed by atoms with Gasteiger partial charge in [0.2, 0.25) is 0 Å². The fraction of sp³-hybridized carbons (Fsp3) is 0.933. The second kappa shape index (κ2) is 5.28. The van der Waals surface area contributed by atoms with E-state index in [0.29, 0.717) is 0 Å². The third kappa shape index (κ3) is 2.26. The van der Waals surface area contributed by atoms with Gasteiger partial charge in [-0.1, -0.05) is 0 Å². The van der Waals surface area contributed by atoms with Gasteiger partial charge in [0, 0.05) is 18.6 Å². The minimum atomic E-state index is -2.60. The first-order valence-electron chi connectivity index (χ1n) is 7.89. The molecule has 4 rings (SSSR count). The summed E-state index contributed by atoms with van der Waals surface area (Å²) in [6.07, 6.45) is 4.54. The summed E-state index contributed by atoms with van der Waals surface area (Å²) in [5.41, 5.74) is 0.239. The number of carbonyl (C=O) groups excluding carboxylic acids is 1. The summed E-state index contributed by atoms with van der Waals surface area (Å²) in [6.45, 7) is 0.597. The average molecular weight is 337 g/mol. The Bertz CT molecular complexity index is 462. The van der Waals surface area contributed by atoms with E-state index in [9.17, 15) is 13.6 Å². The van der Waals surface area contributed by atoms with Gasteiger partial charge in [0.05, 0.1) is 25.6 Å². The zero-order chi connectivity index (χ0) is 14.8. The van der Waals surface area contributed by atoms with Crippen molar-refractivity contribution in [3.8, 4) is 0 Å². The molecule has 4 nitrogen and oxygen atoms in total. The highest BCUT2D eigenvalue weighted by Gasteiger charge is 2.62. The molecule has 126 valence electrons. The standard InChI is InChI=1S/C15H22F2N2O2.ClH/c1-21-13(20)9-4-14(5-9)6-10(7-14)19-3-2-11-12(19)15(16,17)8-18-11;/h9-12,18H,2-8H2,1H3;1H/t9?,10?,11-,12+,14?;/m0./s1. The Morgan fingerprint density at radius 3 is 2.59 bits per heavy atom. The highest BCUT2D eigenvalue weighted by Crippen LogP contribution is 2.61. The average Bonchev–Trinajstić information content (AvgIpc) is 2.88. The van der Waals surface area contributed by atoms with Crippen LogP contribution in [-0.2, 0) is 9.53 Å². The maximum absolute atomic E-state index is 14.0. The first-order chi connectivity index (χ1) is 9.94. The van der Waals surface area contributed by atoms with E-state index in [1.165, 1.54) is 7.11 Å². The molecule has 7 heteroatoms. The second-order valence-electron chi connectivity index (χ2n) is 7.41. The van der Waals surface area contributed by atoms with E-state index in [4.69, 9.17) is 4.74 Å². The van der Waals surface area contributed by atoms with Gasteiger partial charge in [-0.15, -0.1) is 12.4 Å². The number of esters is 1. The van der Waals surface area contributed by atoms with E-state index in [2.05, 4.69) is 5.32 Å². The summed E-state index contributed by atoms with van der Waals surface area (Å²) >= 11 is 0. The van der Waals surface area contributed by atoms with Crippen molar-refractivity contribution in [2.75, 3.05) is 20.2 Å². The lowest BCUT2D eigenvalue weighted by Crippen LogP contribution is -2.60. The van der Waals surface area contributed by atoms with Gasteiger partial charge in [-0.3, -0.25) is 9.69 Å². The number of halogens is 3. The van der Waals surface area contributed by atoms with E-state index in [-0.39, 0.29) is 48.3 Å². The number of nitrogens with one attached hydrogen (secondary N) is 1. The fourth-order valence-corrected chi connectivity index (χ4v) is 5.17. The van der Waals surface area contributed by atoms with Crippen LogP contribution in [0.3, 0.4) is 0 Å². The van der Waals surface area contributed by atoms with Crippen LogP contribution >= 0.6 is 12.4 Å². The third-order valence-corrected chi connectivity index (χ3v) is 6.17. The second-order valence-corrected chi connectivity index (χ2v) is 7.41. The number of ether oxygens (including phenoxy) is 1. The predicted octanol–water partition coefficient (Wildman–Crippen LogP) is 1.82. The maximum atomic E-state index is 14.0. The largest absolute Gasteiger partial charge is 0.469 e. The van der Waals surface area contributed by atoms with Gasteiger partial charge in [0.15, 0.2) is 0 Å². The molecular formula is C15H23ClF2N2O2. The first-order valence-corrected chi connectivity index (χ1v) is 7.89. The van der Waals surface area contributed by atoms with Gasteiger partial charge in [-0.2, -0.15) is 0 Å². The molecule has 2 atom stereocenters. The van der Waals surface area contributed by atoms with Crippen molar-refractivity contribution in [2.45, 2.75) is 56.2 Å². The van der Waals surface area contributed by atoms with Crippen LogP contribution in [0, 0.1) is 11.3 Å². The summed E-state index contributed by atoms with van der Waals surface area (Å²) in [7, 11) is 1.43. The Balaban J connectivity index is 0.00000144. The Morgan fingerprint density at radius 2 is 1.95 bits per heavy atom. The molecular weight excluding hydrogens is 314 g/mol. The topological polar surface area (TPSA) is 41.6 Å². The zero-order valence-corrected chi connectivity index (χ0v) is 13.5. The molecule has 2 heterocycles. The molecule has 2 aliphatic heterocycles. The predicted molar refractivity (Wildman–Crippen MR) is 79.3 cm³/mol. The number of hydrogen-bond acceptors (Lipinski definition) is 4. The smallest absolute Gasteiger partial charge is 0.308 e. The van der Waals surface area contributed by atoms with Crippen molar-refractivity contribution in [3.63, 3.8) is 0 Å². The summed E-state index contributed by atoms with van der Waals surface area (Å²) in [6, 6.07) is -0.374. The highest BCUT2D eigenvalue weighted by atomic mass is 35.5. The van der Waals surface area contributed by atoms with Crippen LogP contribution in [0.25, 0.3) is 0 Å². The van der Waals surface area contributed by atoms with Crippen molar-refractivity contribution >= 4 is 18.4 Å². The van der Waals surface area contributed by atoms with Crippen molar-refractivity contribution in [3.05, 3.63) is 0 Å². The lowest BCUT2D eigenvalue weighted by Gasteiger charge is -2.59. The van der Waals surface area contributed by atoms with Gasteiger partial charge in [-0.25, -0.2) is 8.78 Å². The number of hydrogen-bond donors (Lipinski definition) is 1. The Morgan fingerprint density at radius 1 is 1.27 bits per heavy atom. The van der Waals surface area contributed by atoms with Crippen LogP contribution in [-0.4, -0.2) is 55.1 Å². The van der Waals surface area contributed by atoms with E-state index < -0.39 is 12.0 Å². The molecule has 1 N–H and O–H groups in total. The lowest BCUT2D eigenvalue weighted by molar-refractivity contribution is -0.166. The maximum Gasteiger partial charge on any atom is 0.308 e. The molecule has 0 unspecified atom stereocenters. The summed E-state index contributed by atoms with van der Waals surface area (Å²) in [5, 5.41) is 2.97. The van der Waals surface area contributed by atoms with Crippen molar-refractivity contribution in [1.82, 2.24) is 10.2 Å². The first kappa shape index (κ1) is 16.4. The molecule has 2 aliphatic carbocycles. The number of fused-ring (bicyclic) bond motifs is 1. The molecule has 0 aromatic carbocycles. The molecule has 0 bridgehead atoms. The SMILES string of the molecule is COC(=O)C1CC2(C1)CC(N1CC[C@@H]3NCC(F)(F)[C@@H]31)C2.Cl. The molecule has 0 radical (unpaired) electrons. The quantitative estimate of drug-likeness (QED) is 0.781. The minimum absolute atomic E-state index is 0. The lowest BCUT2D eigenvalue weighted by atomic mass is 9.49. The summed E-state index contributed by atoms with van der Waals surface area (Å²) in [5.74, 6) is -2.67. The van der Waals surface area contributed by atoms with Crippen LogP contribution in [0.2, 0.25) is 0 Å². The van der Waals surface area contributed by atoms with Crippen molar-refractivity contribution in [1.29, 1.82) is 0 Å². The Hall–Kier alpha value is -0.460. The van der Waals surface area contributed by atoms with Gasteiger partial charge < -0.3 is 10.1 Å². The monoisotopic (exact) mass is 336 g/mol. The molecule has 0 amide bonds. The number of methoxy groups -OCH3 is 1. The van der Waals surface area contributed by atoms with Crippen LogP contribution in [0.15, 0.2) is 0 Å². The van der Waals surface area contributed by atoms with E-state index in [1.54, 1.807) is 0 Å². The minimum Gasteiger partial charge on any atom is -0.469 e. The molecule has 0 aromatic heterocycles. The van der Waals surface area contributed by atoms with Crippen LogP contribution in [0.4, 0.5) is 8.78 Å². The number of nitrogens with zero attached hydrogens (tertiary/aromatic N) is 1. The Labute approximate surface area is 135 Å². The molecule has 4 fully saturated rings. The highest BCUT2D eigenvalue weighted by molar-refractivity contribution is 5.85. The van der Waals surface area contributed by atoms with Gasteiger partial charge >= 0.3 is 5.97 Å². The molecule has 2 saturated heterocycles. The van der Waals surface area contributed by atoms with Crippen LogP contribution in [0.1, 0.15) is 32.1 Å². The molecule has 2 saturated carbocycles. The number of carbonyl (C=O) groups is 1. The van der Waals surface area contributed by atoms with E-state index >= 15 is 0 Å². The third-order valence-electron chi connectivity index (χ3n) is 6.17. The van der Waals surface area contributed by atoms with E-state index in [1.807, 2.05) is 4.90 Å². The number of rotatable bonds is 2. The number of likely N-dealkylation sites (tertiary alicyclic amines) is 1. The molecule has 4 aliphatic rings. The Kier molecular flexibility index (Phi) is 3.94. The van der Waals surface area contributed by atoms with Crippen molar-refractivity contribution < 1.29 is 18.3 Å². The van der Waals surface area contributed by atoms with Gasteiger partial charge in [-0.05, 0) is 37.5 Å². The molecule has 22 heavy (non-hydrogen) atoms.